The lowest BCUT2D eigenvalue weighted by molar-refractivity contribution is 0.289. The van der Waals surface area contributed by atoms with Gasteiger partial charge in [0.05, 0.1) is 18.4 Å². The third kappa shape index (κ3) is 4.61. The van der Waals surface area contributed by atoms with Gasteiger partial charge in [-0.1, -0.05) is 13.3 Å². The van der Waals surface area contributed by atoms with Gasteiger partial charge in [0.1, 0.15) is 0 Å². The van der Waals surface area contributed by atoms with Crippen LogP contribution in [0.2, 0.25) is 0 Å². The summed E-state index contributed by atoms with van der Waals surface area (Å²) in [5, 5.41) is 4.32. The first-order valence-electron chi connectivity index (χ1n) is 4.88. The lowest BCUT2D eigenvalue weighted by Crippen LogP contribution is -2.35. The molecule has 0 aliphatic carbocycles. The van der Waals surface area contributed by atoms with Crippen LogP contribution >= 0.6 is 12.2 Å². The molecule has 0 amide bonds. The summed E-state index contributed by atoms with van der Waals surface area (Å²) in [6, 6.07) is -0.246. The van der Waals surface area contributed by atoms with Crippen molar-refractivity contribution in [3.8, 4) is 0 Å². The van der Waals surface area contributed by atoms with Gasteiger partial charge in [-0.3, -0.25) is 0 Å². The van der Waals surface area contributed by atoms with Crippen molar-refractivity contribution in [2.45, 2.75) is 25.8 Å². The summed E-state index contributed by atoms with van der Waals surface area (Å²) in [5.41, 5.74) is 0. The molecule has 0 aromatic rings. The number of hydrogen-bond donors (Lipinski definition) is 1. The molecule has 0 saturated carbocycles. The van der Waals surface area contributed by atoms with Gasteiger partial charge in [-0.05, 0) is 24.7 Å². The highest BCUT2D eigenvalue weighted by Crippen LogP contribution is 2.07. The Morgan fingerprint density at radius 1 is 1.67 bits per heavy atom. The molecule has 0 radical (unpaired) electrons. The monoisotopic (exact) mass is 249 g/mol. The highest BCUT2D eigenvalue weighted by molar-refractivity contribution is 7.94. The van der Waals surface area contributed by atoms with E-state index >= 15 is 0 Å². The SMILES string of the molecule is CCCCOC(=S)NC1C=CS(=O)(=O)C1. The Bertz CT molecular complexity index is 348. The average molecular weight is 249 g/mol. The number of thiocarbonyl (C=S) groups is 1. The molecule has 1 N–H and O–H groups in total. The lowest BCUT2D eigenvalue weighted by atomic mass is 10.3. The van der Waals surface area contributed by atoms with Gasteiger partial charge in [0.15, 0.2) is 9.84 Å². The number of hydrogen-bond acceptors (Lipinski definition) is 4. The molecule has 15 heavy (non-hydrogen) atoms. The fourth-order valence-electron chi connectivity index (χ4n) is 1.17. The van der Waals surface area contributed by atoms with Crippen LogP contribution in [0.15, 0.2) is 11.5 Å². The van der Waals surface area contributed by atoms with Crippen LogP contribution in [0.1, 0.15) is 19.8 Å². The van der Waals surface area contributed by atoms with Crippen molar-refractivity contribution >= 4 is 27.2 Å². The molecule has 1 rings (SSSR count). The van der Waals surface area contributed by atoms with E-state index in [1.165, 1.54) is 5.41 Å². The molecule has 0 spiro atoms. The fraction of sp³-hybridized carbons (Fsp3) is 0.667. The number of nitrogens with one attached hydrogen (secondary N) is 1. The average Bonchev–Trinajstić information content (AvgIpc) is 2.46. The van der Waals surface area contributed by atoms with Crippen LogP contribution in [-0.2, 0) is 14.6 Å². The highest BCUT2D eigenvalue weighted by atomic mass is 32.2. The molecule has 0 saturated heterocycles. The third-order valence-corrected chi connectivity index (χ3v) is 3.60. The molecule has 0 aromatic heterocycles. The molecule has 1 unspecified atom stereocenters. The molecule has 1 heterocycles. The third-order valence-electron chi connectivity index (χ3n) is 1.96. The minimum Gasteiger partial charge on any atom is -0.471 e. The van der Waals surface area contributed by atoms with Gasteiger partial charge in [-0.2, -0.15) is 0 Å². The minimum atomic E-state index is -3.02. The Morgan fingerprint density at radius 3 is 2.93 bits per heavy atom. The second-order valence-corrected chi connectivity index (χ2v) is 5.70. The minimum absolute atomic E-state index is 0.0598. The first-order chi connectivity index (χ1) is 7.03. The van der Waals surface area contributed by atoms with Gasteiger partial charge in [0.2, 0.25) is 0 Å². The maximum Gasteiger partial charge on any atom is 0.257 e. The predicted molar refractivity (Wildman–Crippen MR) is 63.3 cm³/mol. The van der Waals surface area contributed by atoms with Crippen LogP contribution in [0.5, 0.6) is 0 Å². The van der Waals surface area contributed by atoms with Crippen LogP contribution in [0.25, 0.3) is 0 Å². The van der Waals surface area contributed by atoms with E-state index in [9.17, 15) is 8.42 Å². The van der Waals surface area contributed by atoms with Crippen molar-refractivity contribution in [3.05, 3.63) is 11.5 Å². The van der Waals surface area contributed by atoms with Gasteiger partial charge < -0.3 is 10.1 Å². The van der Waals surface area contributed by atoms with E-state index in [0.717, 1.165) is 12.8 Å². The highest BCUT2D eigenvalue weighted by Gasteiger charge is 2.22. The zero-order valence-corrected chi connectivity index (χ0v) is 10.2. The van der Waals surface area contributed by atoms with Crippen molar-refractivity contribution in [2.24, 2.45) is 0 Å². The molecule has 1 aliphatic heterocycles. The van der Waals surface area contributed by atoms with Crippen LogP contribution < -0.4 is 5.32 Å². The molecule has 1 atom stereocenters. The van der Waals surface area contributed by atoms with E-state index in [1.54, 1.807) is 6.08 Å². The standard InChI is InChI=1S/C9H15NO3S2/c1-2-3-5-13-9(14)10-8-4-6-15(11,12)7-8/h4,6,8H,2-3,5,7H2,1H3,(H,10,14). The Balaban J connectivity index is 2.26. The van der Waals surface area contributed by atoms with Crippen molar-refractivity contribution < 1.29 is 13.2 Å². The topological polar surface area (TPSA) is 55.4 Å². The molecule has 0 bridgehead atoms. The number of unbranched alkanes of at least 4 members (excludes halogenated alkanes) is 1. The maximum atomic E-state index is 11.1. The summed E-state index contributed by atoms with van der Waals surface area (Å²) < 4.78 is 27.3. The van der Waals surface area contributed by atoms with Crippen molar-refractivity contribution in [3.63, 3.8) is 0 Å². The first kappa shape index (κ1) is 12.4. The largest absolute Gasteiger partial charge is 0.471 e. The van der Waals surface area contributed by atoms with Crippen molar-refractivity contribution in [1.82, 2.24) is 5.32 Å². The van der Waals surface area contributed by atoms with Crippen LogP contribution in [-0.4, -0.2) is 32.0 Å². The second-order valence-electron chi connectivity index (χ2n) is 3.40. The summed E-state index contributed by atoms with van der Waals surface area (Å²) in [7, 11) is -3.02. The predicted octanol–water partition coefficient (Wildman–Crippen LogP) is 0.988. The van der Waals surface area contributed by atoms with Gasteiger partial charge in [0, 0.05) is 5.41 Å². The summed E-state index contributed by atoms with van der Waals surface area (Å²) in [5.74, 6) is 0.0598. The molecule has 6 heteroatoms. The Hall–Kier alpha value is -0.620. The van der Waals surface area contributed by atoms with E-state index in [1.807, 2.05) is 0 Å². The van der Waals surface area contributed by atoms with E-state index in [0.29, 0.717) is 6.61 Å². The fourth-order valence-corrected chi connectivity index (χ4v) is 2.64. The number of sulfone groups is 1. The Morgan fingerprint density at radius 2 is 2.40 bits per heavy atom. The Labute approximate surface area is 95.6 Å². The zero-order valence-electron chi connectivity index (χ0n) is 8.60. The summed E-state index contributed by atoms with van der Waals surface area (Å²) in [6.07, 6.45) is 3.58. The molecular formula is C9H15NO3S2. The molecule has 0 fully saturated rings. The quantitative estimate of drug-likeness (QED) is 0.595. The molecular weight excluding hydrogens is 234 g/mol. The van der Waals surface area contributed by atoms with Crippen LogP contribution in [0, 0.1) is 0 Å². The lowest BCUT2D eigenvalue weighted by Gasteiger charge is -2.12. The van der Waals surface area contributed by atoms with E-state index in [4.69, 9.17) is 17.0 Å². The van der Waals surface area contributed by atoms with Gasteiger partial charge in [-0.25, -0.2) is 8.42 Å². The van der Waals surface area contributed by atoms with Crippen molar-refractivity contribution in [1.29, 1.82) is 0 Å². The molecule has 4 nitrogen and oxygen atoms in total. The normalized spacial score (nSPS) is 22.6. The zero-order chi connectivity index (χ0) is 11.3. The summed E-state index contributed by atoms with van der Waals surface area (Å²) in [6.45, 7) is 2.64. The first-order valence-corrected chi connectivity index (χ1v) is 7.00. The van der Waals surface area contributed by atoms with E-state index in [2.05, 4.69) is 12.2 Å². The Kier molecular flexibility index (Phi) is 4.53. The molecule has 0 aromatic carbocycles. The number of ether oxygens (including phenoxy) is 1. The van der Waals surface area contributed by atoms with Gasteiger partial charge >= 0.3 is 0 Å². The molecule has 1 aliphatic rings. The van der Waals surface area contributed by atoms with Crippen LogP contribution in [0.3, 0.4) is 0 Å². The summed E-state index contributed by atoms with van der Waals surface area (Å²) >= 11 is 4.92. The molecule has 86 valence electrons. The smallest absolute Gasteiger partial charge is 0.257 e. The van der Waals surface area contributed by atoms with E-state index in [-0.39, 0.29) is 17.0 Å². The van der Waals surface area contributed by atoms with E-state index < -0.39 is 9.84 Å². The second kappa shape index (κ2) is 5.46. The van der Waals surface area contributed by atoms with Crippen molar-refractivity contribution in [2.75, 3.05) is 12.4 Å². The van der Waals surface area contributed by atoms with Gasteiger partial charge in [-0.15, -0.1) is 0 Å². The maximum absolute atomic E-state index is 11.1. The van der Waals surface area contributed by atoms with Crippen LogP contribution in [0.4, 0.5) is 0 Å². The summed E-state index contributed by atoms with van der Waals surface area (Å²) in [4.78, 5) is 0. The number of rotatable bonds is 4. The van der Waals surface area contributed by atoms with Gasteiger partial charge in [0.25, 0.3) is 5.17 Å².